The maximum absolute atomic E-state index is 12.4. The molecular formula is C16H19ClN2O. The SMILES string of the molecule is O=C(NC1C2CCN(CC2)C12CC2)c1ccc(Cl)cc1. The first kappa shape index (κ1) is 12.7. The van der Waals surface area contributed by atoms with Gasteiger partial charge in [0.15, 0.2) is 0 Å². The molecular weight excluding hydrogens is 272 g/mol. The van der Waals surface area contributed by atoms with Crippen LogP contribution in [0.4, 0.5) is 0 Å². The molecule has 106 valence electrons. The number of hydrogen-bond acceptors (Lipinski definition) is 2. The maximum Gasteiger partial charge on any atom is 0.251 e. The molecule has 20 heavy (non-hydrogen) atoms. The average molecular weight is 291 g/mol. The molecule has 3 aliphatic heterocycles. The molecule has 3 heterocycles. The second kappa shape index (κ2) is 4.47. The number of amides is 1. The van der Waals surface area contributed by atoms with E-state index in [1.807, 2.05) is 0 Å². The molecule has 1 aromatic carbocycles. The molecule has 2 bridgehead atoms. The summed E-state index contributed by atoms with van der Waals surface area (Å²) in [5, 5.41) is 3.98. The number of rotatable bonds is 2. The van der Waals surface area contributed by atoms with E-state index in [-0.39, 0.29) is 5.91 Å². The van der Waals surface area contributed by atoms with Gasteiger partial charge in [0.05, 0.1) is 6.04 Å². The number of nitrogens with zero attached hydrogens (tertiary/aromatic N) is 1. The van der Waals surface area contributed by atoms with E-state index in [1.54, 1.807) is 24.3 Å². The van der Waals surface area contributed by atoms with Crippen molar-refractivity contribution in [1.82, 2.24) is 10.2 Å². The third-order valence-corrected chi connectivity index (χ3v) is 5.63. The molecule has 1 N–H and O–H groups in total. The first-order valence-electron chi connectivity index (χ1n) is 7.50. The van der Waals surface area contributed by atoms with Crippen LogP contribution in [0.3, 0.4) is 0 Å². The number of carbonyl (C=O) groups excluding carboxylic acids is 1. The zero-order valence-corrected chi connectivity index (χ0v) is 12.2. The van der Waals surface area contributed by atoms with Gasteiger partial charge in [-0.2, -0.15) is 0 Å². The monoisotopic (exact) mass is 290 g/mol. The summed E-state index contributed by atoms with van der Waals surface area (Å²) in [7, 11) is 0. The number of fused-ring (bicyclic) bond motifs is 2. The van der Waals surface area contributed by atoms with Gasteiger partial charge in [0.25, 0.3) is 5.91 Å². The third kappa shape index (κ3) is 1.87. The quantitative estimate of drug-likeness (QED) is 0.908. The Morgan fingerprint density at radius 3 is 2.45 bits per heavy atom. The van der Waals surface area contributed by atoms with E-state index in [2.05, 4.69) is 10.2 Å². The number of benzene rings is 1. The number of halogens is 1. The summed E-state index contributed by atoms with van der Waals surface area (Å²) >= 11 is 5.88. The number of nitrogens with one attached hydrogen (secondary N) is 1. The standard InChI is InChI=1S/C16H19ClN2O/c17-13-3-1-12(2-4-13)15(20)18-14-11-5-9-19(10-6-11)16(14)7-8-16/h1-4,11,14H,5-10H2,(H,18,20). The highest BCUT2D eigenvalue weighted by Gasteiger charge is 2.60. The lowest BCUT2D eigenvalue weighted by atomic mass is 9.77. The van der Waals surface area contributed by atoms with Crippen LogP contribution in [0.15, 0.2) is 24.3 Å². The molecule has 1 saturated carbocycles. The van der Waals surface area contributed by atoms with Crippen LogP contribution in [-0.4, -0.2) is 35.5 Å². The van der Waals surface area contributed by atoms with Gasteiger partial charge in [-0.15, -0.1) is 0 Å². The summed E-state index contributed by atoms with van der Waals surface area (Å²) in [6, 6.07) is 7.50. The number of carbonyl (C=O) groups is 1. The van der Waals surface area contributed by atoms with Crippen LogP contribution >= 0.6 is 11.6 Å². The van der Waals surface area contributed by atoms with Crippen molar-refractivity contribution in [3.05, 3.63) is 34.9 Å². The topological polar surface area (TPSA) is 32.3 Å². The lowest BCUT2D eigenvalue weighted by molar-refractivity contribution is -0.00144. The molecule has 1 atom stereocenters. The predicted molar refractivity (Wildman–Crippen MR) is 79.0 cm³/mol. The summed E-state index contributed by atoms with van der Waals surface area (Å²) < 4.78 is 0. The van der Waals surface area contributed by atoms with Gasteiger partial charge in [-0.3, -0.25) is 9.69 Å². The van der Waals surface area contributed by atoms with Crippen LogP contribution in [0.5, 0.6) is 0 Å². The fraction of sp³-hybridized carbons (Fsp3) is 0.562. The molecule has 1 aromatic rings. The Hall–Kier alpha value is -1.06. The van der Waals surface area contributed by atoms with Crippen LogP contribution < -0.4 is 5.32 Å². The lowest BCUT2D eigenvalue weighted by Gasteiger charge is -2.52. The summed E-state index contributed by atoms with van der Waals surface area (Å²) in [6.45, 7) is 2.44. The highest BCUT2D eigenvalue weighted by Crippen LogP contribution is 2.53. The Morgan fingerprint density at radius 1 is 1.20 bits per heavy atom. The van der Waals surface area contributed by atoms with Gasteiger partial charge in [-0.1, -0.05) is 11.6 Å². The Morgan fingerprint density at radius 2 is 1.85 bits per heavy atom. The summed E-state index contributed by atoms with van der Waals surface area (Å²) in [4.78, 5) is 15.1. The Labute approximate surface area is 124 Å². The molecule has 3 nitrogen and oxygen atoms in total. The molecule has 1 aliphatic carbocycles. The van der Waals surface area contributed by atoms with Crippen LogP contribution in [0.1, 0.15) is 36.0 Å². The van der Waals surface area contributed by atoms with Crippen molar-refractivity contribution in [2.75, 3.05) is 13.1 Å². The molecule has 1 amide bonds. The van der Waals surface area contributed by atoms with Crippen molar-refractivity contribution in [2.45, 2.75) is 37.3 Å². The average Bonchev–Trinajstić information content (AvgIpc) is 3.25. The van der Waals surface area contributed by atoms with Gasteiger partial charge < -0.3 is 5.32 Å². The van der Waals surface area contributed by atoms with E-state index in [4.69, 9.17) is 11.6 Å². The molecule has 4 fully saturated rings. The van der Waals surface area contributed by atoms with Crippen LogP contribution in [-0.2, 0) is 0 Å². The fourth-order valence-electron chi connectivity index (χ4n) is 4.15. The zero-order valence-electron chi connectivity index (χ0n) is 11.4. The van der Waals surface area contributed by atoms with E-state index in [0.29, 0.717) is 28.1 Å². The summed E-state index contributed by atoms with van der Waals surface area (Å²) in [6.07, 6.45) is 4.95. The molecule has 5 rings (SSSR count). The summed E-state index contributed by atoms with van der Waals surface area (Å²) in [5.74, 6) is 0.713. The second-order valence-corrected chi connectivity index (χ2v) is 6.82. The number of piperidine rings is 3. The Kier molecular flexibility index (Phi) is 2.83. The Bertz CT molecular complexity index is 530. The van der Waals surface area contributed by atoms with E-state index in [0.717, 1.165) is 0 Å². The first-order chi connectivity index (χ1) is 9.69. The molecule has 4 heteroatoms. The van der Waals surface area contributed by atoms with Crippen LogP contribution in [0.2, 0.25) is 5.02 Å². The van der Waals surface area contributed by atoms with Gasteiger partial charge in [0, 0.05) is 16.1 Å². The van der Waals surface area contributed by atoms with Gasteiger partial charge in [-0.05, 0) is 69.0 Å². The number of hydrogen-bond donors (Lipinski definition) is 1. The normalized spacial score (nSPS) is 33.1. The second-order valence-electron chi connectivity index (χ2n) is 6.39. The Balaban J connectivity index is 1.54. The minimum atomic E-state index is 0.0479. The van der Waals surface area contributed by atoms with Crippen LogP contribution in [0, 0.1) is 5.92 Å². The smallest absolute Gasteiger partial charge is 0.251 e. The van der Waals surface area contributed by atoms with Crippen molar-refractivity contribution >= 4 is 17.5 Å². The molecule has 0 aromatic heterocycles. The van der Waals surface area contributed by atoms with Gasteiger partial charge in [0.1, 0.15) is 0 Å². The van der Waals surface area contributed by atoms with Gasteiger partial charge in [-0.25, -0.2) is 0 Å². The van der Waals surface area contributed by atoms with E-state index in [1.165, 1.54) is 38.8 Å². The highest BCUT2D eigenvalue weighted by atomic mass is 35.5. The maximum atomic E-state index is 12.4. The van der Waals surface area contributed by atoms with E-state index < -0.39 is 0 Å². The lowest BCUT2D eigenvalue weighted by Crippen LogP contribution is -2.65. The van der Waals surface area contributed by atoms with E-state index >= 15 is 0 Å². The molecule has 1 spiro atoms. The largest absolute Gasteiger partial charge is 0.347 e. The van der Waals surface area contributed by atoms with Crippen molar-refractivity contribution in [3.8, 4) is 0 Å². The molecule has 0 radical (unpaired) electrons. The van der Waals surface area contributed by atoms with Crippen molar-refractivity contribution in [2.24, 2.45) is 5.92 Å². The van der Waals surface area contributed by atoms with Gasteiger partial charge in [0.2, 0.25) is 0 Å². The molecule has 3 saturated heterocycles. The van der Waals surface area contributed by atoms with Gasteiger partial charge >= 0.3 is 0 Å². The predicted octanol–water partition coefficient (Wildman–Crippen LogP) is 2.70. The van der Waals surface area contributed by atoms with Crippen molar-refractivity contribution in [1.29, 1.82) is 0 Å². The molecule has 1 unspecified atom stereocenters. The van der Waals surface area contributed by atoms with Crippen molar-refractivity contribution < 1.29 is 4.79 Å². The third-order valence-electron chi connectivity index (χ3n) is 5.38. The van der Waals surface area contributed by atoms with Crippen molar-refractivity contribution in [3.63, 3.8) is 0 Å². The zero-order chi connectivity index (χ0) is 13.7. The highest BCUT2D eigenvalue weighted by molar-refractivity contribution is 6.30. The fourth-order valence-corrected chi connectivity index (χ4v) is 4.27. The first-order valence-corrected chi connectivity index (χ1v) is 7.88. The summed E-state index contributed by atoms with van der Waals surface area (Å²) in [5.41, 5.74) is 1.00. The van der Waals surface area contributed by atoms with E-state index in [9.17, 15) is 4.79 Å². The minimum absolute atomic E-state index is 0.0479. The minimum Gasteiger partial charge on any atom is -0.347 e. The molecule has 4 aliphatic rings. The van der Waals surface area contributed by atoms with Crippen LogP contribution in [0.25, 0.3) is 0 Å².